The summed E-state index contributed by atoms with van der Waals surface area (Å²) in [5.74, 6) is 0.805. The molecule has 2 fully saturated rings. The Hall–Kier alpha value is -0.120. The molecule has 1 heterocycles. The van der Waals surface area contributed by atoms with Gasteiger partial charge in [0.1, 0.15) is 0 Å². The molecule has 1 aliphatic heterocycles. The van der Waals surface area contributed by atoms with Gasteiger partial charge >= 0.3 is 0 Å². The van der Waals surface area contributed by atoms with Crippen molar-refractivity contribution in [3.05, 3.63) is 0 Å². The molecule has 0 bridgehead atoms. The lowest BCUT2D eigenvalue weighted by atomic mass is 9.79. The first kappa shape index (κ1) is 12.3. The zero-order valence-corrected chi connectivity index (χ0v) is 10.5. The highest BCUT2D eigenvalue weighted by Gasteiger charge is 2.32. The Bertz CT molecular complexity index is 206. The summed E-state index contributed by atoms with van der Waals surface area (Å²) in [5, 5.41) is 17.4. The Kier molecular flexibility index (Phi) is 4.22. The van der Waals surface area contributed by atoms with Gasteiger partial charge in [0.25, 0.3) is 0 Å². The van der Waals surface area contributed by atoms with E-state index in [4.69, 9.17) is 0 Å². The molecular weight excluding hydrogens is 200 g/mol. The average Bonchev–Trinajstić information content (AvgIpc) is 2.33. The average molecular weight is 226 g/mol. The van der Waals surface area contributed by atoms with Crippen molar-refractivity contribution < 1.29 is 5.11 Å². The van der Waals surface area contributed by atoms with Crippen molar-refractivity contribution in [2.75, 3.05) is 19.6 Å². The summed E-state index contributed by atoms with van der Waals surface area (Å²) in [6, 6.07) is 0.615. The van der Waals surface area contributed by atoms with Crippen LogP contribution < -0.4 is 10.6 Å². The van der Waals surface area contributed by atoms with E-state index in [1.54, 1.807) is 0 Å². The van der Waals surface area contributed by atoms with Crippen molar-refractivity contribution in [2.24, 2.45) is 5.92 Å². The van der Waals surface area contributed by atoms with E-state index in [1.807, 2.05) is 0 Å². The molecule has 2 aliphatic rings. The number of rotatable bonds is 3. The summed E-state index contributed by atoms with van der Waals surface area (Å²) in [5.41, 5.74) is -0.419. The largest absolute Gasteiger partial charge is 0.389 e. The molecular formula is C13H26N2O. The van der Waals surface area contributed by atoms with Gasteiger partial charge in [-0.25, -0.2) is 0 Å². The molecule has 0 unspecified atom stereocenters. The van der Waals surface area contributed by atoms with Gasteiger partial charge < -0.3 is 15.7 Å². The number of hydrogen-bond acceptors (Lipinski definition) is 3. The first-order valence-electron chi connectivity index (χ1n) is 6.84. The van der Waals surface area contributed by atoms with Crippen molar-refractivity contribution in [1.29, 1.82) is 0 Å². The zero-order chi connectivity index (χ0) is 11.4. The van der Waals surface area contributed by atoms with E-state index >= 15 is 0 Å². The quantitative estimate of drug-likeness (QED) is 0.679. The van der Waals surface area contributed by atoms with Gasteiger partial charge in [-0.15, -0.1) is 0 Å². The maximum Gasteiger partial charge on any atom is 0.0771 e. The van der Waals surface area contributed by atoms with Crippen LogP contribution in [0.2, 0.25) is 0 Å². The second-order valence-electron chi connectivity index (χ2n) is 5.81. The van der Waals surface area contributed by atoms with Crippen LogP contribution in [-0.4, -0.2) is 36.4 Å². The van der Waals surface area contributed by atoms with E-state index < -0.39 is 5.60 Å². The molecule has 0 radical (unpaired) electrons. The van der Waals surface area contributed by atoms with Crippen LogP contribution in [0.25, 0.3) is 0 Å². The van der Waals surface area contributed by atoms with E-state index in [2.05, 4.69) is 17.6 Å². The lowest BCUT2D eigenvalue weighted by Crippen LogP contribution is -2.49. The van der Waals surface area contributed by atoms with Gasteiger partial charge in [0, 0.05) is 12.6 Å². The van der Waals surface area contributed by atoms with Gasteiger partial charge in [0.2, 0.25) is 0 Å². The maximum atomic E-state index is 10.4. The topological polar surface area (TPSA) is 44.3 Å². The number of aliphatic hydroxyl groups is 1. The van der Waals surface area contributed by atoms with Gasteiger partial charge in [-0.3, -0.25) is 0 Å². The van der Waals surface area contributed by atoms with Crippen molar-refractivity contribution in [3.63, 3.8) is 0 Å². The minimum atomic E-state index is -0.419. The van der Waals surface area contributed by atoms with Crippen molar-refractivity contribution in [3.8, 4) is 0 Å². The Morgan fingerprint density at radius 3 is 2.44 bits per heavy atom. The van der Waals surface area contributed by atoms with Crippen LogP contribution in [0.3, 0.4) is 0 Å². The summed E-state index contributed by atoms with van der Waals surface area (Å²) in [7, 11) is 0. The molecule has 1 saturated heterocycles. The highest BCUT2D eigenvalue weighted by Crippen LogP contribution is 2.31. The molecule has 0 amide bonds. The van der Waals surface area contributed by atoms with E-state index in [0.29, 0.717) is 6.04 Å². The van der Waals surface area contributed by atoms with E-state index in [-0.39, 0.29) is 0 Å². The second kappa shape index (κ2) is 5.48. The zero-order valence-electron chi connectivity index (χ0n) is 10.5. The molecule has 1 saturated carbocycles. The highest BCUT2D eigenvalue weighted by molar-refractivity contribution is 4.88. The fourth-order valence-electron chi connectivity index (χ4n) is 2.84. The predicted octanol–water partition coefficient (Wildman–Crippen LogP) is 1.27. The molecule has 3 nitrogen and oxygen atoms in total. The molecule has 0 atom stereocenters. The number of piperidine rings is 1. The van der Waals surface area contributed by atoms with Crippen LogP contribution in [0.4, 0.5) is 0 Å². The third-order valence-electron chi connectivity index (χ3n) is 4.26. The minimum absolute atomic E-state index is 0.419. The van der Waals surface area contributed by atoms with Gasteiger partial charge in [-0.2, -0.15) is 0 Å². The van der Waals surface area contributed by atoms with Crippen LogP contribution >= 0.6 is 0 Å². The maximum absolute atomic E-state index is 10.4. The first-order valence-corrected chi connectivity index (χ1v) is 6.84. The summed E-state index contributed by atoms with van der Waals surface area (Å²) >= 11 is 0. The van der Waals surface area contributed by atoms with Gasteiger partial charge in [-0.05, 0) is 57.5 Å². The smallest absolute Gasteiger partial charge is 0.0771 e. The van der Waals surface area contributed by atoms with Crippen LogP contribution in [0.5, 0.6) is 0 Å². The molecule has 94 valence electrons. The third kappa shape index (κ3) is 3.44. The van der Waals surface area contributed by atoms with Crippen molar-refractivity contribution in [1.82, 2.24) is 10.6 Å². The van der Waals surface area contributed by atoms with E-state index in [0.717, 1.165) is 38.4 Å². The van der Waals surface area contributed by atoms with Crippen LogP contribution in [0.15, 0.2) is 0 Å². The SMILES string of the molecule is CC1CCC(O)(CNC2CCNCC2)CC1. The second-order valence-corrected chi connectivity index (χ2v) is 5.81. The Morgan fingerprint density at radius 2 is 1.81 bits per heavy atom. The van der Waals surface area contributed by atoms with E-state index in [9.17, 15) is 5.11 Å². The predicted molar refractivity (Wildman–Crippen MR) is 66.5 cm³/mol. The standard InChI is InChI=1S/C13H26N2O/c1-11-2-6-13(16,7-3-11)10-15-12-4-8-14-9-5-12/h11-12,14-16H,2-10H2,1H3. The van der Waals surface area contributed by atoms with Crippen LogP contribution in [0.1, 0.15) is 45.4 Å². The van der Waals surface area contributed by atoms with Crippen molar-refractivity contribution in [2.45, 2.75) is 57.1 Å². The summed E-state index contributed by atoms with van der Waals surface area (Å²) in [6.45, 7) is 5.32. The molecule has 2 rings (SSSR count). The number of hydrogen-bond donors (Lipinski definition) is 3. The van der Waals surface area contributed by atoms with Gasteiger partial charge in [0.15, 0.2) is 0 Å². The lowest BCUT2D eigenvalue weighted by molar-refractivity contribution is -0.00882. The molecule has 3 heteroatoms. The minimum Gasteiger partial charge on any atom is -0.389 e. The fraction of sp³-hybridized carbons (Fsp3) is 1.00. The van der Waals surface area contributed by atoms with Gasteiger partial charge in [-0.1, -0.05) is 6.92 Å². The van der Waals surface area contributed by atoms with Crippen LogP contribution in [-0.2, 0) is 0 Å². The summed E-state index contributed by atoms with van der Waals surface area (Å²) in [6.07, 6.45) is 6.73. The van der Waals surface area contributed by atoms with E-state index in [1.165, 1.54) is 25.7 Å². The lowest BCUT2D eigenvalue weighted by Gasteiger charge is -2.37. The van der Waals surface area contributed by atoms with Gasteiger partial charge in [0.05, 0.1) is 5.60 Å². The molecule has 16 heavy (non-hydrogen) atoms. The number of nitrogens with one attached hydrogen (secondary N) is 2. The fourth-order valence-corrected chi connectivity index (χ4v) is 2.84. The molecule has 3 N–H and O–H groups in total. The molecule has 0 aromatic heterocycles. The van der Waals surface area contributed by atoms with Crippen molar-refractivity contribution >= 4 is 0 Å². The Morgan fingerprint density at radius 1 is 1.19 bits per heavy atom. The molecule has 1 aliphatic carbocycles. The third-order valence-corrected chi connectivity index (χ3v) is 4.26. The van der Waals surface area contributed by atoms with Crippen LogP contribution in [0, 0.1) is 5.92 Å². The normalized spacial score (nSPS) is 37.5. The summed E-state index contributed by atoms with van der Waals surface area (Å²) < 4.78 is 0. The first-order chi connectivity index (χ1) is 7.68. The highest BCUT2D eigenvalue weighted by atomic mass is 16.3. The monoisotopic (exact) mass is 226 g/mol. The summed E-state index contributed by atoms with van der Waals surface area (Å²) in [4.78, 5) is 0. The molecule has 0 aromatic rings. The molecule has 0 spiro atoms. The Balaban J connectivity index is 1.71. The molecule has 0 aromatic carbocycles. The Labute approximate surface area is 99.0 Å².